The van der Waals surface area contributed by atoms with Crippen molar-refractivity contribution in [3.05, 3.63) is 29.3 Å². The maximum absolute atomic E-state index is 11.9. The Morgan fingerprint density at radius 2 is 2.00 bits per heavy atom. The summed E-state index contributed by atoms with van der Waals surface area (Å²) in [4.78, 5) is 11.9. The molecule has 1 aromatic rings. The van der Waals surface area contributed by atoms with E-state index in [1.807, 2.05) is 32.0 Å². The molecule has 1 aliphatic carbocycles. The molecular formula is C17H25NO3. The summed E-state index contributed by atoms with van der Waals surface area (Å²) >= 11 is 0. The van der Waals surface area contributed by atoms with Crippen LogP contribution in [0, 0.1) is 13.8 Å². The number of aryl methyl sites for hydroxylation is 1. The van der Waals surface area contributed by atoms with Crippen LogP contribution in [0.15, 0.2) is 18.2 Å². The van der Waals surface area contributed by atoms with E-state index in [1.54, 1.807) is 0 Å². The van der Waals surface area contributed by atoms with Gasteiger partial charge in [-0.1, -0.05) is 12.1 Å². The summed E-state index contributed by atoms with van der Waals surface area (Å²) in [5.41, 5.74) is 2.32. The number of ether oxygens (including phenoxy) is 1. The summed E-state index contributed by atoms with van der Waals surface area (Å²) in [6.45, 7) is 4.47. The molecule has 0 heterocycles. The minimum atomic E-state index is -0.189. The number of carbonyl (C=O) groups excluding carboxylic acids is 1. The van der Waals surface area contributed by atoms with Gasteiger partial charge in [-0.15, -0.1) is 0 Å². The van der Waals surface area contributed by atoms with Gasteiger partial charge in [0.15, 0.2) is 0 Å². The fourth-order valence-corrected chi connectivity index (χ4v) is 2.65. The minimum Gasteiger partial charge on any atom is -0.493 e. The van der Waals surface area contributed by atoms with Crippen LogP contribution in [-0.4, -0.2) is 29.8 Å². The molecule has 0 aromatic heterocycles. The zero-order chi connectivity index (χ0) is 15.2. The first-order valence-electron chi connectivity index (χ1n) is 7.72. The van der Waals surface area contributed by atoms with E-state index in [0.29, 0.717) is 13.0 Å². The highest BCUT2D eigenvalue weighted by Crippen LogP contribution is 2.21. The van der Waals surface area contributed by atoms with Gasteiger partial charge in [-0.25, -0.2) is 0 Å². The van der Waals surface area contributed by atoms with Crippen LogP contribution >= 0.6 is 0 Å². The molecule has 116 valence electrons. The first-order chi connectivity index (χ1) is 10.1. The molecule has 0 unspecified atom stereocenters. The van der Waals surface area contributed by atoms with Crippen molar-refractivity contribution in [1.82, 2.24) is 5.32 Å². The molecule has 2 N–H and O–H groups in total. The third-order valence-electron chi connectivity index (χ3n) is 4.20. The van der Waals surface area contributed by atoms with E-state index in [0.717, 1.165) is 37.0 Å². The van der Waals surface area contributed by atoms with E-state index in [9.17, 15) is 9.90 Å². The van der Waals surface area contributed by atoms with Crippen LogP contribution in [0.4, 0.5) is 0 Å². The Bertz CT molecular complexity index is 479. The second-order valence-electron chi connectivity index (χ2n) is 5.87. The highest BCUT2D eigenvalue weighted by molar-refractivity contribution is 5.76. The van der Waals surface area contributed by atoms with Crippen molar-refractivity contribution in [2.75, 3.05) is 6.61 Å². The van der Waals surface area contributed by atoms with Crippen LogP contribution in [-0.2, 0) is 4.79 Å². The molecule has 0 radical (unpaired) electrons. The number of nitrogens with one attached hydrogen (secondary N) is 1. The van der Waals surface area contributed by atoms with Gasteiger partial charge in [0, 0.05) is 6.04 Å². The van der Waals surface area contributed by atoms with Crippen LogP contribution in [0.1, 0.15) is 43.2 Å². The number of aliphatic hydroxyl groups is 1. The van der Waals surface area contributed by atoms with Crippen molar-refractivity contribution in [2.24, 2.45) is 0 Å². The van der Waals surface area contributed by atoms with Crippen LogP contribution in [0.5, 0.6) is 5.75 Å². The monoisotopic (exact) mass is 291 g/mol. The predicted molar refractivity (Wildman–Crippen MR) is 82.4 cm³/mol. The average molecular weight is 291 g/mol. The van der Waals surface area contributed by atoms with Gasteiger partial charge in [-0.05, 0) is 56.7 Å². The van der Waals surface area contributed by atoms with Crippen molar-refractivity contribution < 1.29 is 14.6 Å². The molecule has 0 aliphatic heterocycles. The van der Waals surface area contributed by atoms with Gasteiger partial charge >= 0.3 is 0 Å². The maximum Gasteiger partial charge on any atom is 0.223 e. The molecule has 0 bridgehead atoms. The van der Waals surface area contributed by atoms with Gasteiger partial charge < -0.3 is 15.2 Å². The number of benzene rings is 1. The van der Waals surface area contributed by atoms with E-state index < -0.39 is 0 Å². The first-order valence-corrected chi connectivity index (χ1v) is 7.72. The second-order valence-corrected chi connectivity index (χ2v) is 5.87. The molecule has 1 fully saturated rings. The highest BCUT2D eigenvalue weighted by atomic mass is 16.5. The summed E-state index contributed by atoms with van der Waals surface area (Å²) in [5, 5.41) is 12.5. The molecular weight excluding hydrogens is 266 g/mol. The van der Waals surface area contributed by atoms with Crippen molar-refractivity contribution in [2.45, 2.75) is 58.1 Å². The van der Waals surface area contributed by atoms with E-state index in [-0.39, 0.29) is 18.1 Å². The van der Waals surface area contributed by atoms with Gasteiger partial charge in [0.05, 0.1) is 19.1 Å². The Labute approximate surface area is 126 Å². The number of hydrogen-bond acceptors (Lipinski definition) is 3. The zero-order valence-corrected chi connectivity index (χ0v) is 12.9. The van der Waals surface area contributed by atoms with Crippen LogP contribution in [0.3, 0.4) is 0 Å². The quantitative estimate of drug-likeness (QED) is 0.876. The standard InChI is InChI=1S/C17H25NO3/c1-12-4-3-5-16(13(12)2)21-11-10-17(20)18-14-6-8-15(19)9-7-14/h3-5,14-15,19H,6-11H2,1-2H3,(H,18,20). The van der Waals surface area contributed by atoms with Gasteiger partial charge in [-0.2, -0.15) is 0 Å². The van der Waals surface area contributed by atoms with E-state index in [2.05, 4.69) is 5.32 Å². The number of carbonyl (C=O) groups is 1. The van der Waals surface area contributed by atoms with Crippen LogP contribution < -0.4 is 10.1 Å². The molecule has 1 aliphatic rings. The van der Waals surface area contributed by atoms with Gasteiger partial charge in [0.1, 0.15) is 5.75 Å². The normalized spacial score (nSPS) is 21.9. The van der Waals surface area contributed by atoms with Crippen LogP contribution in [0.2, 0.25) is 0 Å². The third kappa shape index (κ3) is 4.74. The number of amides is 1. The molecule has 2 rings (SSSR count). The SMILES string of the molecule is Cc1cccc(OCCC(=O)NC2CCC(O)CC2)c1C. The molecule has 4 nitrogen and oxygen atoms in total. The van der Waals surface area contributed by atoms with Crippen molar-refractivity contribution in [3.63, 3.8) is 0 Å². The number of rotatable bonds is 5. The van der Waals surface area contributed by atoms with Gasteiger partial charge in [0.25, 0.3) is 0 Å². The Morgan fingerprint density at radius 3 is 2.71 bits per heavy atom. The topological polar surface area (TPSA) is 58.6 Å². The molecule has 0 spiro atoms. The molecule has 4 heteroatoms. The lowest BCUT2D eigenvalue weighted by molar-refractivity contribution is -0.122. The van der Waals surface area contributed by atoms with E-state index in [1.165, 1.54) is 5.56 Å². The number of hydrogen-bond donors (Lipinski definition) is 2. The summed E-state index contributed by atoms with van der Waals surface area (Å²) in [6, 6.07) is 6.15. The lowest BCUT2D eigenvalue weighted by atomic mass is 9.93. The lowest BCUT2D eigenvalue weighted by Gasteiger charge is -2.26. The second kappa shape index (κ2) is 7.46. The molecule has 1 aromatic carbocycles. The Hall–Kier alpha value is -1.55. The molecule has 0 saturated heterocycles. The third-order valence-corrected chi connectivity index (χ3v) is 4.20. The predicted octanol–water partition coefficient (Wildman–Crippen LogP) is 2.49. The Balaban J connectivity index is 1.71. The maximum atomic E-state index is 11.9. The van der Waals surface area contributed by atoms with E-state index in [4.69, 9.17) is 4.74 Å². The summed E-state index contributed by atoms with van der Waals surface area (Å²) in [6.07, 6.45) is 3.47. The van der Waals surface area contributed by atoms with Crippen molar-refractivity contribution >= 4 is 5.91 Å². The fraction of sp³-hybridized carbons (Fsp3) is 0.588. The first kappa shape index (κ1) is 15.8. The van der Waals surface area contributed by atoms with Gasteiger partial charge in [-0.3, -0.25) is 4.79 Å². The molecule has 21 heavy (non-hydrogen) atoms. The highest BCUT2D eigenvalue weighted by Gasteiger charge is 2.20. The summed E-state index contributed by atoms with van der Waals surface area (Å²) in [5.74, 6) is 0.880. The van der Waals surface area contributed by atoms with E-state index >= 15 is 0 Å². The summed E-state index contributed by atoms with van der Waals surface area (Å²) in [7, 11) is 0. The minimum absolute atomic E-state index is 0.0293. The largest absolute Gasteiger partial charge is 0.493 e. The fourth-order valence-electron chi connectivity index (χ4n) is 2.65. The molecule has 1 amide bonds. The summed E-state index contributed by atoms with van der Waals surface area (Å²) < 4.78 is 5.69. The average Bonchev–Trinajstić information content (AvgIpc) is 2.46. The molecule has 1 saturated carbocycles. The lowest BCUT2D eigenvalue weighted by Crippen LogP contribution is -2.39. The van der Waals surface area contributed by atoms with Gasteiger partial charge in [0.2, 0.25) is 5.91 Å². The Morgan fingerprint density at radius 1 is 1.29 bits per heavy atom. The van der Waals surface area contributed by atoms with Crippen molar-refractivity contribution in [3.8, 4) is 5.75 Å². The smallest absolute Gasteiger partial charge is 0.223 e. The zero-order valence-electron chi connectivity index (χ0n) is 12.9. The Kier molecular flexibility index (Phi) is 5.62. The number of aliphatic hydroxyl groups excluding tert-OH is 1. The molecule has 0 atom stereocenters. The van der Waals surface area contributed by atoms with Crippen molar-refractivity contribution in [1.29, 1.82) is 0 Å². The van der Waals surface area contributed by atoms with Crippen LogP contribution in [0.25, 0.3) is 0 Å².